The molecule has 0 fully saturated rings. The molecule has 314 valence electrons. The van der Waals surface area contributed by atoms with Crippen LogP contribution in [0.4, 0.5) is 0 Å². The summed E-state index contributed by atoms with van der Waals surface area (Å²) in [6, 6.07) is 83.4. The van der Waals surface area contributed by atoms with Gasteiger partial charge in [0.05, 0.1) is 27.5 Å². The van der Waals surface area contributed by atoms with Crippen LogP contribution in [0.15, 0.2) is 243 Å². The Balaban J connectivity index is 1.08. The van der Waals surface area contributed by atoms with Crippen LogP contribution in [0, 0.1) is 0 Å². The van der Waals surface area contributed by atoms with Gasteiger partial charge in [0.25, 0.3) is 0 Å². The van der Waals surface area contributed by atoms with E-state index in [-0.39, 0.29) is 11.6 Å². The lowest BCUT2D eigenvalue weighted by molar-refractivity contribution is 0.103. The van der Waals surface area contributed by atoms with Gasteiger partial charge in [0.2, 0.25) is 0 Å². The largest absolute Gasteiger partial charge is 0.309 e. The number of nitrogens with zero attached hydrogens (tertiary/aromatic N) is 2. The first-order valence-electron chi connectivity index (χ1n) is 22.7. The second-order valence-electron chi connectivity index (χ2n) is 17.5. The fourth-order valence-corrected chi connectivity index (χ4v) is 11.0. The van der Waals surface area contributed by atoms with Gasteiger partial charge in [0, 0.05) is 55.2 Å². The number of hydrogen-bond acceptors (Lipinski definition) is 2. The number of rotatable bonds is 8. The van der Waals surface area contributed by atoms with Crippen molar-refractivity contribution in [2.75, 3.05) is 0 Å². The topological polar surface area (TPSA) is 44.0 Å². The van der Waals surface area contributed by atoms with E-state index in [9.17, 15) is 9.59 Å². The number of carbonyl (C=O) groups is 2. The van der Waals surface area contributed by atoms with Crippen molar-refractivity contribution >= 4 is 55.2 Å². The molecule has 0 N–H and O–H groups in total. The molecule has 2 heterocycles. The minimum atomic E-state index is -0.941. The Morgan fingerprint density at radius 2 is 0.612 bits per heavy atom. The van der Waals surface area contributed by atoms with Crippen LogP contribution < -0.4 is 0 Å². The molecule has 67 heavy (non-hydrogen) atoms. The molecule has 4 nitrogen and oxygen atoms in total. The fourth-order valence-electron chi connectivity index (χ4n) is 11.0. The van der Waals surface area contributed by atoms with Gasteiger partial charge >= 0.3 is 0 Å². The first-order chi connectivity index (χ1) is 33.1. The molecule has 0 saturated carbocycles. The fraction of sp³-hybridized carbons (Fsp3) is 0.0159. The zero-order valence-electron chi connectivity index (χ0n) is 36.3. The standard InChI is InChI=1S/C63H40N2O2/c66-61(41-15-3-1-4-16-41)43-27-37-49-50-38-28-44(62(67)42-17-5-2-6-18-42)40-56(50)63(55(49)39-43,45-29-33-47(34-30-45)64-57-23-11-7-19-51(57)52-20-8-12-24-58(52)64)46-31-35-48(36-32-46)65-59-25-13-9-21-53(59)54-22-10-14-26-60(54)65/h1-40H. The smallest absolute Gasteiger partial charge is 0.193 e. The summed E-state index contributed by atoms with van der Waals surface area (Å²) in [5, 5.41) is 4.80. The van der Waals surface area contributed by atoms with Crippen LogP contribution >= 0.6 is 0 Å². The Labute approximate surface area is 387 Å². The first-order valence-corrected chi connectivity index (χ1v) is 22.7. The van der Waals surface area contributed by atoms with Gasteiger partial charge in [0.15, 0.2) is 11.6 Å². The van der Waals surface area contributed by atoms with Crippen molar-refractivity contribution in [1.82, 2.24) is 9.13 Å². The van der Waals surface area contributed by atoms with E-state index in [1.165, 1.54) is 21.5 Å². The Kier molecular flexibility index (Phi) is 8.71. The summed E-state index contributed by atoms with van der Waals surface area (Å²) in [6.07, 6.45) is 0. The van der Waals surface area contributed by atoms with E-state index in [2.05, 4.69) is 179 Å². The van der Waals surface area contributed by atoms with E-state index in [0.29, 0.717) is 22.3 Å². The predicted octanol–water partition coefficient (Wildman–Crippen LogP) is 14.7. The molecule has 0 atom stereocenters. The molecule has 1 aliphatic rings. The molecule has 10 aromatic carbocycles. The van der Waals surface area contributed by atoms with E-state index < -0.39 is 5.41 Å². The molecule has 2 aromatic heterocycles. The summed E-state index contributed by atoms with van der Waals surface area (Å²) in [5.74, 6) is -0.0896. The minimum absolute atomic E-state index is 0.0448. The number of carbonyl (C=O) groups excluding carboxylic acids is 2. The summed E-state index contributed by atoms with van der Waals surface area (Å²) >= 11 is 0. The van der Waals surface area contributed by atoms with E-state index in [1.54, 1.807) is 0 Å². The number of ketones is 2. The second kappa shape index (κ2) is 15.1. The third kappa shape index (κ3) is 5.80. The van der Waals surface area contributed by atoms with Gasteiger partial charge < -0.3 is 9.13 Å². The summed E-state index contributed by atoms with van der Waals surface area (Å²) in [7, 11) is 0. The lowest BCUT2D eigenvalue weighted by Crippen LogP contribution is -2.29. The third-order valence-electron chi connectivity index (χ3n) is 14.0. The molecule has 0 amide bonds. The summed E-state index contributed by atoms with van der Waals surface area (Å²) < 4.78 is 4.68. The van der Waals surface area contributed by atoms with Gasteiger partial charge in [-0.2, -0.15) is 0 Å². The molecule has 12 aromatic rings. The molecule has 0 unspecified atom stereocenters. The van der Waals surface area contributed by atoms with Crippen LogP contribution in [0.25, 0.3) is 66.1 Å². The maximum Gasteiger partial charge on any atom is 0.193 e. The van der Waals surface area contributed by atoms with Crippen molar-refractivity contribution < 1.29 is 9.59 Å². The molecule has 1 aliphatic carbocycles. The maximum atomic E-state index is 14.4. The molecule has 0 spiro atoms. The second-order valence-corrected chi connectivity index (χ2v) is 17.5. The van der Waals surface area contributed by atoms with Crippen LogP contribution in [-0.2, 0) is 5.41 Å². The molecule has 13 rings (SSSR count). The molecule has 0 aliphatic heterocycles. The average molecular weight is 857 g/mol. The lowest BCUT2D eigenvalue weighted by atomic mass is 9.67. The molecular weight excluding hydrogens is 817 g/mol. The Morgan fingerprint density at radius 3 is 0.955 bits per heavy atom. The van der Waals surface area contributed by atoms with Gasteiger partial charge in [-0.1, -0.05) is 182 Å². The summed E-state index contributed by atoms with van der Waals surface area (Å²) in [5.41, 5.74) is 14.2. The van der Waals surface area contributed by atoms with Crippen LogP contribution in [0.3, 0.4) is 0 Å². The maximum absolute atomic E-state index is 14.4. The van der Waals surface area contributed by atoms with Crippen LogP contribution in [0.5, 0.6) is 0 Å². The molecule has 0 saturated heterocycles. The number of hydrogen-bond donors (Lipinski definition) is 0. The summed E-state index contributed by atoms with van der Waals surface area (Å²) in [6.45, 7) is 0. The van der Waals surface area contributed by atoms with E-state index in [1.807, 2.05) is 72.8 Å². The van der Waals surface area contributed by atoms with Crippen molar-refractivity contribution in [3.63, 3.8) is 0 Å². The minimum Gasteiger partial charge on any atom is -0.309 e. The highest BCUT2D eigenvalue weighted by Gasteiger charge is 2.47. The van der Waals surface area contributed by atoms with Gasteiger partial charge in [-0.3, -0.25) is 9.59 Å². The van der Waals surface area contributed by atoms with Gasteiger partial charge in [-0.15, -0.1) is 0 Å². The van der Waals surface area contributed by atoms with Crippen molar-refractivity contribution in [1.29, 1.82) is 0 Å². The zero-order chi connectivity index (χ0) is 44.6. The quantitative estimate of drug-likeness (QED) is 0.143. The van der Waals surface area contributed by atoms with Crippen LogP contribution in [0.1, 0.15) is 54.1 Å². The van der Waals surface area contributed by atoms with Crippen molar-refractivity contribution in [2.24, 2.45) is 0 Å². The Morgan fingerprint density at radius 1 is 0.299 bits per heavy atom. The molecule has 0 radical (unpaired) electrons. The SMILES string of the molecule is O=C(c1ccccc1)c1ccc2c(c1)C(c1ccc(-n3c4ccccc4c4ccccc43)cc1)(c1ccc(-n3c4ccccc4c4ccccc43)cc1)c1cc(C(=O)c3ccccc3)ccc1-2. The number of fused-ring (bicyclic) bond motifs is 9. The normalized spacial score (nSPS) is 12.7. The molecule has 0 bridgehead atoms. The van der Waals surface area contributed by atoms with Crippen LogP contribution in [-0.4, -0.2) is 20.7 Å². The number of para-hydroxylation sites is 4. The monoisotopic (exact) mass is 856 g/mol. The highest BCUT2D eigenvalue weighted by atomic mass is 16.1. The third-order valence-corrected chi connectivity index (χ3v) is 14.0. The van der Waals surface area contributed by atoms with Crippen molar-refractivity contribution in [3.05, 3.63) is 287 Å². The van der Waals surface area contributed by atoms with Crippen molar-refractivity contribution in [3.8, 4) is 22.5 Å². The number of aromatic nitrogens is 2. The van der Waals surface area contributed by atoms with Gasteiger partial charge in [-0.05, 0) is 94.0 Å². The van der Waals surface area contributed by atoms with Gasteiger partial charge in [0.1, 0.15) is 0 Å². The Bertz CT molecular complexity index is 3570. The zero-order valence-corrected chi connectivity index (χ0v) is 36.3. The Hall–Kier alpha value is -8.86. The van der Waals surface area contributed by atoms with Gasteiger partial charge in [-0.25, -0.2) is 0 Å². The van der Waals surface area contributed by atoms with E-state index >= 15 is 0 Å². The number of benzene rings is 10. The highest BCUT2D eigenvalue weighted by molar-refractivity contribution is 6.12. The predicted molar refractivity (Wildman–Crippen MR) is 272 cm³/mol. The summed E-state index contributed by atoms with van der Waals surface area (Å²) in [4.78, 5) is 28.9. The highest BCUT2D eigenvalue weighted by Crippen LogP contribution is 2.57. The average Bonchev–Trinajstić information content (AvgIpc) is 4.03. The molecular formula is C63H40N2O2. The van der Waals surface area contributed by atoms with E-state index in [0.717, 1.165) is 66.8 Å². The van der Waals surface area contributed by atoms with Crippen LogP contribution in [0.2, 0.25) is 0 Å². The van der Waals surface area contributed by atoms with Crippen molar-refractivity contribution in [2.45, 2.75) is 5.41 Å². The van der Waals surface area contributed by atoms with E-state index in [4.69, 9.17) is 0 Å². The molecule has 4 heteroatoms. The first kappa shape index (κ1) is 38.6. The lowest BCUT2D eigenvalue weighted by Gasteiger charge is -2.34.